The summed E-state index contributed by atoms with van der Waals surface area (Å²) >= 11 is 11.6. The minimum atomic E-state index is -4.51. The van der Waals surface area contributed by atoms with Crippen molar-refractivity contribution < 1.29 is 18.0 Å². The van der Waals surface area contributed by atoms with Crippen LogP contribution in [0.1, 0.15) is 11.1 Å². The van der Waals surface area contributed by atoms with Crippen molar-refractivity contribution >= 4 is 40.9 Å². The number of hydrogen-bond acceptors (Lipinski definition) is 1. The molecular weight excluding hydrogens is 350 g/mol. The van der Waals surface area contributed by atoms with Gasteiger partial charge in [0, 0.05) is 11.1 Å². The number of hydrogen-bond donors (Lipinski definition) is 1. The third-order valence-corrected chi connectivity index (χ3v) is 3.39. The number of amides is 1. The summed E-state index contributed by atoms with van der Waals surface area (Å²) < 4.78 is 38.0. The quantitative estimate of drug-likeness (QED) is 0.703. The van der Waals surface area contributed by atoms with Crippen LogP contribution in [0.5, 0.6) is 0 Å². The van der Waals surface area contributed by atoms with Gasteiger partial charge in [0.2, 0.25) is 5.91 Å². The van der Waals surface area contributed by atoms with Crippen LogP contribution in [0.3, 0.4) is 0 Å². The number of benzene rings is 2. The fourth-order valence-electron chi connectivity index (χ4n) is 1.75. The van der Waals surface area contributed by atoms with E-state index in [-0.39, 0.29) is 10.7 Å². The van der Waals surface area contributed by atoms with Gasteiger partial charge in [-0.25, -0.2) is 0 Å². The SMILES string of the molecule is O=C(C=Cc1cccc(Cl)c1)Nc1cc(C(F)(F)F)ccc1Cl. The van der Waals surface area contributed by atoms with Crippen molar-refractivity contribution in [3.63, 3.8) is 0 Å². The molecule has 0 aromatic heterocycles. The van der Waals surface area contributed by atoms with Gasteiger partial charge in [-0.15, -0.1) is 0 Å². The lowest BCUT2D eigenvalue weighted by atomic mass is 10.2. The van der Waals surface area contributed by atoms with Crippen LogP contribution < -0.4 is 5.32 Å². The van der Waals surface area contributed by atoms with E-state index in [1.807, 2.05) is 0 Å². The van der Waals surface area contributed by atoms with E-state index in [1.165, 1.54) is 12.2 Å². The van der Waals surface area contributed by atoms with E-state index in [1.54, 1.807) is 24.3 Å². The molecule has 0 saturated carbocycles. The number of rotatable bonds is 3. The van der Waals surface area contributed by atoms with E-state index in [0.717, 1.165) is 18.2 Å². The summed E-state index contributed by atoms with van der Waals surface area (Å²) in [6.07, 6.45) is -1.84. The molecule has 2 nitrogen and oxygen atoms in total. The smallest absolute Gasteiger partial charge is 0.321 e. The van der Waals surface area contributed by atoms with E-state index in [9.17, 15) is 18.0 Å². The molecule has 0 spiro atoms. The molecule has 1 amide bonds. The van der Waals surface area contributed by atoms with Gasteiger partial charge in [-0.3, -0.25) is 4.79 Å². The predicted octanol–water partition coefficient (Wildman–Crippen LogP) is 5.66. The molecule has 0 radical (unpaired) electrons. The molecule has 0 aliphatic rings. The Hall–Kier alpha value is -1.98. The molecule has 2 aromatic rings. The second kappa shape index (κ2) is 7.06. The monoisotopic (exact) mass is 359 g/mol. The Bertz CT molecular complexity index is 757. The highest BCUT2D eigenvalue weighted by Gasteiger charge is 2.31. The van der Waals surface area contributed by atoms with Crippen LogP contribution in [-0.4, -0.2) is 5.91 Å². The largest absolute Gasteiger partial charge is 0.416 e. The fourth-order valence-corrected chi connectivity index (χ4v) is 2.12. The van der Waals surface area contributed by atoms with Crippen molar-refractivity contribution in [3.05, 3.63) is 69.7 Å². The van der Waals surface area contributed by atoms with Crippen LogP contribution >= 0.6 is 23.2 Å². The highest BCUT2D eigenvalue weighted by atomic mass is 35.5. The molecule has 0 heterocycles. The lowest BCUT2D eigenvalue weighted by Crippen LogP contribution is -2.11. The molecule has 23 heavy (non-hydrogen) atoms. The van der Waals surface area contributed by atoms with Gasteiger partial charge in [-0.05, 0) is 42.0 Å². The van der Waals surface area contributed by atoms with E-state index >= 15 is 0 Å². The van der Waals surface area contributed by atoms with Gasteiger partial charge in [0.25, 0.3) is 0 Å². The van der Waals surface area contributed by atoms with Gasteiger partial charge in [-0.1, -0.05) is 35.3 Å². The molecule has 0 aliphatic heterocycles. The summed E-state index contributed by atoms with van der Waals surface area (Å²) in [6, 6.07) is 9.48. The van der Waals surface area contributed by atoms with E-state index in [2.05, 4.69) is 5.32 Å². The lowest BCUT2D eigenvalue weighted by Gasteiger charge is -2.10. The Morgan fingerprint density at radius 3 is 2.48 bits per heavy atom. The standard InChI is InChI=1S/C16H10Cl2F3NO/c17-12-3-1-2-10(8-12)4-7-15(23)22-14-9-11(16(19,20)21)5-6-13(14)18/h1-9H,(H,22,23). The number of alkyl halides is 3. The topological polar surface area (TPSA) is 29.1 Å². The number of carbonyl (C=O) groups is 1. The average molecular weight is 360 g/mol. The minimum Gasteiger partial charge on any atom is -0.321 e. The van der Waals surface area contributed by atoms with Crippen LogP contribution in [0.25, 0.3) is 6.08 Å². The first-order chi connectivity index (χ1) is 10.8. The average Bonchev–Trinajstić information content (AvgIpc) is 2.46. The maximum Gasteiger partial charge on any atom is 0.416 e. The summed E-state index contributed by atoms with van der Waals surface area (Å²) in [6.45, 7) is 0. The second-order valence-corrected chi connectivity index (χ2v) is 5.41. The molecule has 2 rings (SSSR count). The fraction of sp³-hybridized carbons (Fsp3) is 0.0625. The lowest BCUT2D eigenvalue weighted by molar-refractivity contribution is -0.137. The summed E-state index contributed by atoms with van der Waals surface area (Å²) in [5.41, 5.74) is -0.318. The third-order valence-electron chi connectivity index (χ3n) is 2.83. The molecule has 0 unspecified atom stereocenters. The van der Waals surface area contributed by atoms with Crippen molar-refractivity contribution in [1.82, 2.24) is 0 Å². The Morgan fingerprint density at radius 2 is 1.83 bits per heavy atom. The molecule has 120 valence electrons. The van der Waals surface area contributed by atoms with E-state index in [0.29, 0.717) is 10.6 Å². The van der Waals surface area contributed by atoms with Gasteiger partial charge in [-0.2, -0.15) is 13.2 Å². The van der Waals surface area contributed by atoms with E-state index in [4.69, 9.17) is 23.2 Å². The zero-order chi connectivity index (χ0) is 17.0. The zero-order valence-electron chi connectivity index (χ0n) is 11.5. The number of halogens is 5. The maximum absolute atomic E-state index is 12.7. The van der Waals surface area contributed by atoms with Crippen molar-refractivity contribution in [2.24, 2.45) is 0 Å². The Morgan fingerprint density at radius 1 is 1.09 bits per heavy atom. The maximum atomic E-state index is 12.7. The predicted molar refractivity (Wildman–Crippen MR) is 85.6 cm³/mol. The normalized spacial score (nSPS) is 11.7. The molecule has 0 atom stereocenters. The van der Waals surface area contributed by atoms with Crippen LogP contribution in [-0.2, 0) is 11.0 Å². The summed E-state index contributed by atoms with van der Waals surface area (Å²) in [7, 11) is 0. The van der Waals surface area contributed by atoms with Crippen molar-refractivity contribution in [3.8, 4) is 0 Å². The zero-order valence-corrected chi connectivity index (χ0v) is 13.0. The van der Waals surface area contributed by atoms with Gasteiger partial charge in [0.15, 0.2) is 0 Å². The highest BCUT2D eigenvalue weighted by Crippen LogP contribution is 2.33. The molecule has 0 fully saturated rings. The molecule has 0 aliphatic carbocycles. The summed E-state index contributed by atoms with van der Waals surface area (Å²) in [4.78, 5) is 11.8. The Labute approximate surface area is 140 Å². The minimum absolute atomic E-state index is 0.0162. The molecule has 2 aromatic carbocycles. The number of anilines is 1. The summed E-state index contributed by atoms with van der Waals surface area (Å²) in [5, 5.41) is 2.84. The first-order valence-electron chi connectivity index (χ1n) is 6.37. The Balaban J connectivity index is 2.14. The van der Waals surface area contributed by atoms with Gasteiger partial charge in [0.05, 0.1) is 16.3 Å². The van der Waals surface area contributed by atoms with Crippen molar-refractivity contribution in [2.45, 2.75) is 6.18 Å². The van der Waals surface area contributed by atoms with Crippen molar-refractivity contribution in [2.75, 3.05) is 5.32 Å². The van der Waals surface area contributed by atoms with Crippen LogP contribution in [0.4, 0.5) is 18.9 Å². The highest BCUT2D eigenvalue weighted by molar-refractivity contribution is 6.34. The Kier molecular flexibility index (Phi) is 5.34. The number of carbonyl (C=O) groups excluding carboxylic acids is 1. The molecule has 1 N–H and O–H groups in total. The van der Waals surface area contributed by atoms with Gasteiger partial charge >= 0.3 is 6.18 Å². The first kappa shape index (κ1) is 17.4. The van der Waals surface area contributed by atoms with Crippen LogP contribution in [0.2, 0.25) is 10.0 Å². The first-order valence-corrected chi connectivity index (χ1v) is 7.13. The molecular formula is C16H10Cl2F3NO. The van der Waals surface area contributed by atoms with Crippen molar-refractivity contribution in [1.29, 1.82) is 0 Å². The van der Waals surface area contributed by atoms with Gasteiger partial charge < -0.3 is 5.32 Å². The third kappa shape index (κ3) is 5.01. The second-order valence-electron chi connectivity index (χ2n) is 4.57. The summed E-state index contributed by atoms with van der Waals surface area (Å²) in [5.74, 6) is -0.605. The van der Waals surface area contributed by atoms with Crippen LogP contribution in [0, 0.1) is 0 Å². The van der Waals surface area contributed by atoms with Crippen LogP contribution in [0.15, 0.2) is 48.5 Å². The van der Waals surface area contributed by atoms with Gasteiger partial charge in [0.1, 0.15) is 0 Å². The molecule has 0 saturated heterocycles. The number of nitrogens with one attached hydrogen (secondary N) is 1. The van der Waals surface area contributed by atoms with E-state index < -0.39 is 17.6 Å². The molecule has 7 heteroatoms. The molecule has 0 bridgehead atoms.